The topological polar surface area (TPSA) is 26.0 Å². The molecule has 1 nitrogen and oxygen atoms in total. The van der Waals surface area contributed by atoms with Crippen LogP contribution in [-0.4, -0.2) is 0 Å². The highest BCUT2D eigenvalue weighted by atomic mass is 14.6. The lowest BCUT2D eigenvalue weighted by Crippen LogP contribution is -1.94. The molecule has 94 valence electrons. The summed E-state index contributed by atoms with van der Waals surface area (Å²) in [7, 11) is 0. The Morgan fingerprint density at radius 2 is 1.72 bits per heavy atom. The van der Waals surface area contributed by atoms with Gasteiger partial charge in [0.2, 0.25) is 0 Å². The first kappa shape index (κ1) is 12.7. The summed E-state index contributed by atoms with van der Waals surface area (Å²) in [6, 6.07) is 13.1. The number of rotatable bonds is 3. The Morgan fingerprint density at radius 1 is 0.944 bits per heavy atom. The Kier molecular flexibility index (Phi) is 3.71. The van der Waals surface area contributed by atoms with Gasteiger partial charge in [-0.2, -0.15) is 0 Å². The fraction of sp³-hybridized carbons (Fsp3) is 0.294. The lowest BCUT2D eigenvalue weighted by Gasteiger charge is -2.12. The maximum absolute atomic E-state index is 6.02. The van der Waals surface area contributed by atoms with Crippen molar-refractivity contribution in [2.24, 2.45) is 0 Å². The number of nitrogens with two attached hydrogens (primary N) is 1. The van der Waals surface area contributed by atoms with Crippen molar-refractivity contribution in [3.05, 3.63) is 53.1 Å². The second-order valence-electron chi connectivity index (χ2n) is 4.77. The van der Waals surface area contributed by atoms with Crippen LogP contribution in [0.1, 0.15) is 30.5 Å². The summed E-state index contributed by atoms with van der Waals surface area (Å²) in [5.74, 6) is 0. The van der Waals surface area contributed by atoms with Gasteiger partial charge in [0.1, 0.15) is 0 Å². The monoisotopic (exact) mass is 239 g/mol. The van der Waals surface area contributed by atoms with Crippen molar-refractivity contribution in [3.63, 3.8) is 0 Å². The number of hydrogen-bond acceptors (Lipinski definition) is 1. The normalized spacial score (nSPS) is 10.6. The van der Waals surface area contributed by atoms with Crippen LogP contribution in [0.2, 0.25) is 0 Å². The molecule has 0 aliphatic heterocycles. The summed E-state index contributed by atoms with van der Waals surface area (Å²) >= 11 is 0. The van der Waals surface area contributed by atoms with Crippen molar-refractivity contribution in [1.82, 2.24) is 0 Å². The zero-order chi connectivity index (χ0) is 13.1. The Morgan fingerprint density at radius 3 is 2.33 bits per heavy atom. The summed E-state index contributed by atoms with van der Waals surface area (Å²) in [6.45, 7) is 6.43. The standard InChI is InChI=1S/C17H21N/c1-4-13-7-9-14(5-2)16(10-13)15-8-6-12(3)17(18)11-15/h6-11H,4-5,18H2,1-3H3. The maximum Gasteiger partial charge on any atom is 0.0349 e. The van der Waals surface area contributed by atoms with Crippen LogP contribution in [-0.2, 0) is 12.8 Å². The lowest BCUT2D eigenvalue weighted by molar-refractivity contribution is 1.10. The van der Waals surface area contributed by atoms with Crippen molar-refractivity contribution in [1.29, 1.82) is 0 Å². The lowest BCUT2D eigenvalue weighted by atomic mass is 9.94. The minimum atomic E-state index is 0.872. The summed E-state index contributed by atoms with van der Waals surface area (Å²) in [6.07, 6.45) is 2.12. The van der Waals surface area contributed by atoms with Gasteiger partial charge in [-0.1, -0.05) is 44.2 Å². The van der Waals surface area contributed by atoms with E-state index in [1.54, 1.807) is 0 Å². The number of hydrogen-bond donors (Lipinski definition) is 1. The quantitative estimate of drug-likeness (QED) is 0.791. The molecule has 0 aromatic heterocycles. The molecule has 0 fully saturated rings. The zero-order valence-corrected chi connectivity index (χ0v) is 11.5. The van der Waals surface area contributed by atoms with Gasteiger partial charge in [-0.25, -0.2) is 0 Å². The molecule has 1 heteroatoms. The van der Waals surface area contributed by atoms with Gasteiger partial charge in [-0.3, -0.25) is 0 Å². The molecule has 2 aromatic rings. The van der Waals surface area contributed by atoms with Gasteiger partial charge in [-0.15, -0.1) is 0 Å². The van der Waals surface area contributed by atoms with Gasteiger partial charge in [0, 0.05) is 5.69 Å². The number of aryl methyl sites for hydroxylation is 3. The molecule has 0 aliphatic rings. The first-order valence-electron chi connectivity index (χ1n) is 6.64. The molecule has 0 atom stereocenters. The van der Waals surface area contributed by atoms with Gasteiger partial charge in [-0.05, 0) is 53.6 Å². The molecule has 0 unspecified atom stereocenters. The third-order valence-electron chi connectivity index (χ3n) is 3.55. The molecule has 0 aliphatic carbocycles. The molecule has 0 heterocycles. The molecule has 0 bridgehead atoms. The molecule has 0 spiro atoms. The largest absolute Gasteiger partial charge is 0.398 e. The van der Waals surface area contributed by atoms with Crippen LogP contribution in [0.4, 0.5) is 5.69 Å². The highest BCUT2D eigenvalue weighted by Gasteiger charge is 2.06. The third kappa shape index (κ3) is 2.40. The highest BCUT2D eigenvalue weighted by molar-refractivity contribution is 5.72. The smallest absolute Gasteiger partial charge is 0.0349 e. The number of anilines is 1. The molecule has 2 aromatic carbocycles. The van der Waals surface area contributed by atoms with Crippen molar-refractivity contribution in [3.8, 4) is 11.1 Å². The van der Waals surface area contributed by atoms with Gasteiger partial charge >= 0.3 is 0 Å². The predicted molar refractivity (Wildman–Crippen MR) is 79.8 cm³/mol. The van der Waals surface area contributed by atoms with Crippen LogP contribution in [0.15, 0.2) is 36.4 Å². The molecular weight excluding hydrogens is 218 g/mol. The van der Waals surface area contributed by atoms with E-state index in [1.165, 1.54) is 22.3 Å². The average molecular weight is 239 g/mol. The predicted octanol–water partition coefficient (Wildman–Crippen LogP) is 4.37. The summed E-state index contributed by atoms with van der Waals surface area (Å²) < 4.78 is 0. The highest BCUT2D eigenvalue weighted by Crippen LogP contribution is 2.28. The Labute approximate surface area is 110 Å². The van der Waals surface area contributed by atoms with Crippen molar-refractivity contribution >= 4 is 5.69 Å². The van der Waals surface area contributed by atoms with E-state index in [4.69, 9.17) is 5.73 Å². The van der Waals surface area contributed by atoms with Gasteiger partial charge < -0.3 is 5.73 Å². The summed E-state index contributed by atoms with van der Waals surface area (Å²) in [5, 5.41) is 0. The molecule has 18 heavy (non-hydrogen) atoms. The summed E-state index contributed by atoms with van der Waals surface area (Å²) in [5.41, 5.74) is 13.3. The van der Waals surface area contributed by atoms with Gasteiger partial charge in [0.25, 0.3) is 0 Å². The molecule has 0 radical (unpaired) electrons. The van der Waals surface area contributed by atoms with E-state index in [-0.39, 0.29) is 0 Å². The van der Waals surface area contributed by atoms with E-state index in [0.29, 0.717) is 0 Å². The van der Waals surface area contributed by atoms with E-state index in [0.717, 1.165) is 24.1 Å². The van der Waals surface area contributed by atoms with Gasteiger partial charge in [0.15, 0.2) is 0 Å². The molecule has 2 rings (SSSR count). The van der Waals surface area contributed by atoms with Crippen LogP contribution < -0.4 is 5.73 Å². The Balaban J connectivity index is 2.57. The minimum Gasteiger partial charge on any atom is -0.398 e. The number of benzene rings is 2. The first-order valence-corrected chi connectivity index (χ1v) is 6.64. The Hall–Kier alpha value is -1.76. The van der Waals surface area contributed by atoms with Crippen molar-refractivity contribution in [2.75, 3.05) is 5.73 Å². The van der Waals surface area contributed by atoms with Crippen LogP contribution in [0.25, 0.3) is 11.1 Å². The van der Waals surface area contributed by atoms with E-state index < -0.39 is 0 Å². The van der Waals surface area contributed by atoms with E-state index >= 15 is 0 Å². The molecule has 0 saturated carbocycles. The van der Waals surface area contributed by atoms with E-state index in [9.17, 15) is 0 Å². The Bertz CT molecular complexity index is 556. The van der Waals surface area contributed by atoms with Crippen LogP contribution in [0, 0.1) is 6.92 Å². The number of nitrogen functional groups attached to an aromatic ring is 1. The van der Waals surface area contributed by atoms with Crippen LogP contribution in [0.3, 0.4) is 0 Å². The molecular formula is C17H21N. The maximum atomic E-state index is 6.02. The zero-order valence-electron chi connectivity index (χ0n) is 11.5. The fourth-order valence-electron chi connectivity index (χ4n) is 2.23. The first-order chi connectivity index (χ1) is 8.65. The second kappa shape index (κ2) is 5.26. The van der Waals surface area contributed by atoms with Crippen LogP contribution in [0.5, 0.6) is 0 Å². The third-order valence-corrected chi connectivity index (χ3v) is 3.55. The van der Waals surface area contributed by atoms with E-state index in [1.807, 2.05) is 6.92 Å². The minimum absolute atomic E-state index is 0.872. The SMILES string of the molecule is CCc1ccc(CC)c(-c2ccc(C)c(N)c2)c1. The second-order valence-corrected chi connectivity index (χ2v) is 4.77. The average Bonchev–Trinajstić information content (AvgIpc) is 2.41. The summed E-state index contributed by atoms with van der Waals surface area (Å²) in [4.78, 5) is 0. The van der Waals surface area contributed by atoms with Crippen molar-refractivity contribution < 1.29 is 0 Å². The molecule has 2 N–H and O–H groups in total. The molecule has 0 saturated heterocycles. The fourth-order valence-corrected chi connectivity index (χ4v) is 2.23. The van der Waals surface area contributed by atoms with Crippen molar-refractivity contribution in [2.45, 2.75) is 33.6 Å². The van der Waals surface area contributed by atoms with Crippen LogP contribution >= 0.6 is 0 Å². The van der Waals surface area contributed by atoms with E-state index in [2.05, 4.69) is 50.2 Å². The molecule has 0 amide bonds. The van der Waals surface area contributed by atoms with Gasteiger partial charge in [0.05, 0.1) is 0 Å².